The van der Waals surface area contributed by atoms with E-state index >= 15 is 0 Å². The molecule has 0 bridgehead atoms. The Labute approximate surface area is 70.1 Å². The maximum Gasteiger partial charge on any atom is 0.0794 e. The number of aliphatic hydroxyl groups excluding tert-OH is 1. The van der Waals surface area contributed by atoms with E-state index in [4.69, 9.17) is 5.11 Å². The van der Waals surface area contributed by atoms with Crippen LogP contribution in [0.4, 0.5) is 0 Å². The van der Waals surface area contributed by atoms with Gasteiger partial charge in [0.25, 0.3) is 0 Å². The second kappa shape index (κ2) is 2.93. The number of β-amino-alcohol motifs (C(OH)–C–C–N with tert-alkyl or cyclic N) is 1. The van der Waals surface area contributed by atoms with Gasteiger partial charge in [-0.05, 0) is 22.4 Å². The molecule has 0 spiro atoms. The molecule has 0 radical (unpaired) electrons. The molecule has 1 fully saturated rings. The van der Waals surface area contributed by atoms with Gasteiger partial charge < -0.3 is 5.11 Å². The molecule has 60 valence electrons. The molecular weight excluding hydrogens is 158 g/mol. The summed E-state index contributed by atoms with van der Waals surface area (Å²) >= 11 is 1.73. The Morgan fingerprint density at radius 1 is 1.64 bits per heavy atom. The average molecular weight is 169 g/mol. The minimum absolute atomic E-state index is 0.0753. The molecular formula is C8H11NOS. The third-order valence-corrected chi connectivity index (χ3v) is 2.66. The van der Waals surface area contributed by atoms with Gasteiger partial charge in [-0.25, -0.2) is 0 Å². The van der Waals surface area contributed by atoms with E-state index in [1.807, 2.05) is 0 Å². The lowest BCUT2D eigenvalue weighted by molar-refractivity contribution is -0.00279. The van der Waals surface area contributed by atoms with Gasteiger partial charge in [0, 0.05) is 19.6 Å². The average Bonchev–Trinajstić information content (AvgIpc) is 2.36. The Kier molecular flexibility index (Phi) is 1.94. The normalized spacial score (nSPS) is 20.1. The molecule has 1 N–H and O–H groups in total. The van der Waals surface area contributed by atoms with E-state index in [0.29, 0.717) is 0 Å². The van der Waals surface area contributed by atoms with E-state index in [1.165, 1.54) is 5.56 Å². The summed E-state index contributed by atoms with van der Waals surface area (Å²) in [5, 5.41) is 13.3. The Morgan fingerprint density at radius 3 is 3.00 bits per heavy atom. The monoisotopic (exact) mass is 169 g/mol. The molecule has 1 aliphatic heterocycles. The van der Waals surface area contributed by atoms with Gasteiger partial charge >= 0.3 is 0 Å². The van der Waals surface area contributed by atoms with Crippen molar-refractivity contribution in [2.75, 3.05) is 13.1 Å². The number of thiophene rings is 1. The molecule has 0 unspecified atom stereocenters. The van der Waals surface area contributed by atoms with E-state index < -0.39 is 0 Å². The van der Waals surface area contributed by atoms with Crippen LogP contribution < -0.4 is 0 Å². The van der Waals surface area contributed by atoms with Crippen molar-refractivity contribution in [1.82, 2.24) is 4.90 Å². The highest BCUT2D eigenvalue weighted by molar-refractivity contribution is 7.07. The van der Waals surface area contributed by atoms with Gasteiger partial charge in [-0.15, -0.1) is 0 Å². The molecule has 0 aromatic carbocycles. The predicted octanol–water partition coefficient (Wildman–Crippen LogP) is 0.925. The zero-order valence-corrected chi connectivity index (χ0v) is 7.05. The van der Waals surface area contributed by atoms with Gasteiger partial charge in [-0.3, -0.25) is 4.90 Å². The lowest BCUT2D eigenvalue weighted by atomic mass is 10.1. The van der Waals surface area contributed by atoms with Gasteiger partial charge in [0.2, 0.25) is 0 Å². The van der Waals surface area contributed by atoms with Crippen LogP contribution in [-0.4, -0.2) is 29.2 Å². The van der Waals surface area contributed by atoms with Crippen molar-refractivity contribution >= 4 is 11.3 Å². The Morgan fingerprint density at radius 2 is 2.45 bits per heavy atom. The van der Waals surface area contributed by atoms with E-state index in [-0.39, 0.29) is 6.10 Å². The van der Waals surface area contributed by atoms with Crippen LogP contribution in [0.3, 0.4) is 0 Å². The molecule has 1 aromatic heterocycles. The molecule has 1 saturated heterocycles. The fraction of sp³-hybridized carbons (Fsp3) is 0.500. The minimum Gasteiger partial charge on any atom is -0.390 e. The summed E-state index contributed by atoms with van der Waals surface area (Å²) in [6.45, 7) is 2.69. The fourth-order valence-corrected chi connectivity index (χ4v) is 1.97. The number of nitrogens with zero attached hydrogens (tertiary/aromatic N) is 1. The molecule has 3 heteroatoms. The van der Waals surface area contributed by atoms with E-state index in [0.717, 1.165) is 19.6 Å². The molecule has 0 saturated carbocycles. The largest absolute Gasteiger partial charge is 0.390 e. The lowest BCUT2D eigenvalue weighted by Gasteiger charge is -2.35. The van der Waals surface area contributed by atoms with Crippen LogP contribution in [-0.2, 0) is 6.54 Å². The highest BCUT2D eigenvalue weighted by Gasteiger charge is 2.23. The summed E-state index contributed by atoms with van der Waals surface area (Å²) in [5.41, 5.74) is 1.36. The van der Waals surface area contributed by atoms with E-state index in [1.54, 1.807) is 11.3 Å². The highest BCUT2D eigenvalue weighted by atomic mass is 32.1. The van der Waals surface area contributed by atoms with Crippen molar-refractivity contribution in [3.05, 3.63) is 22.4 Å². The van der Waals surface area contributed by atoms with Crippen molar-refractivity contribution in [3.63, 3.8) is 0 Å². The molecule has 2 rings (SSSR count). The topological polar surface area (TPSA) is 23.5 Å². The first-order valence-corrected chi connectivity index (χ1v) is 4.70. The van der Waals surface area contributed by atoms with Gasteiger partial charge in [-0.1, -0.05) is 0 Å². The van der Waals surface area contributed by atoms with Gasteiger partial charge in [-0.2, -0.15) is 11.3 Å². The van der Waals surface area contributed by atoms with Crippen molar-refractivity contribution in [2.45, 2.75) is 12.6 Å². The van der Waals surface area contributed by atoms with E-state index in [9.17, 15) is 0 Å². The standard InChI is InChI=1S/C8H11NOS/c10-8-4-9(5-8)3-7-1-2-11-6-7/h1-2,6,8,10H,3-5H2. The van der Waals surface area contributed by atoms with Crippen LogP contribution in [0, 0.1) is 0 Å². The Balaban J connectivity index is 1.84. The first-order chi connectivity index (χ1) is 5.34. The zero-order chi connectivity index (χ0) is 7.68. The first-order valence-electron chi connectivity index (χ1n) is 3.76. The van der Waals surface area contributed by atoms with Crippen LogP contribution in [0.15, 0.2) is 16.8 Å². The second-order valence-electron chi connectivity index (χ2n) is 2.98. The van der Waals surface area contributed by atoms with Crippen LogP contribution >= 0.6 is 11.3 Å². The summed E-state index contributed by atoms with van der Waals surface area (Å²) in [5.74, 6) is 0. The summed E-state index contributed by atoms with van der Waals surface area (Å²) < 4.78 is 0. The first kappa shape index (κ1) is 7.28. The van der Waals surface area contributed by atoms with Crippen molar-refractivity contribution in [1.29, 1.82) is 0 Å². The fourth-order valence-electron chi connectivity index (χ4n) is 1.31. The molecule has 1 aliphatic rings. The summed E-state index contributed by atoms with van der Waals surface area (Å²) in [4.78, 5) is 2.24. The molecule has 0 aliphatic carbocycles. The molecule has 0 atom stereocenters. The molecule has 0 amide bonds. The molecule has 1 aromatic rings. The van der Waals surface area contributed by atoms with E-state index in [2.05, 4.69) is 21.7 Å². The van der Waals surface area contributed by atoms with Crippen LogP contribution in [0.1, 0.15) is 5.56 Å². The maximum atomic E-state index is 9.01. The van der Waals surface area contributed by atoms with Crippen LogP contribution in [0.25, 0.3) is 0 Å². The number of rotatable bonds is 2. The number of hydrogen-bond donors (Lipinski definition) is 1. The van der Waals surface area contributed by atoms with Crippen LogP contribution in [0.5, 0.6) is 0 Å². The summed E-state index contributed by atoms with van der Waals surface area (Å²) in [7, 11) is 0. The van der Waals surface area contributed by atoms with Crippen molar-refractivity contribution in [3.8, 4) is 0 Å². The zero-order valence-electron chi connectivity index (χ0n) is 6.23. The third kappa shape index (κ3) is 1.61. The van der Waals surface area contributed by atoms with Crippen LogP contribution in [0.2, 0.25) is 0 Å². The number of hydrogen-bond acceptors (Lipinski definition) is 3. The third-order valence-electron chi connectivity index (χ3n) is 1.92. The number of aliphatic hydroxyl groups is 1. The minimum atomic E-state index is -0.0753. The smallest absolute Gasteiger partial charge is 0.0794 e. The Bertz CT molecular complexity index is 216. The summed E-state index contributed by atoms with van der Waals surface area (Å²) in [6, 6.07) is 2.13. The van der Waals surface area contributed by atoms with Gasteiger partial charge in [0.1, 0.15) is 0 Å². The van der Waals surface area contributed by atoms with Gasteiger partial charge in [0.05, 0.1) is 6.10 Å². The SMILES string of the molecule is OC1CN(Cc2ccsc2)C1. The molecule has 11 heavy (non-hydrogen) atoms. The van der Waals surface area contributed by atoms with Crippen molar-refractivity contribution < 1.29 is 5.11 Å². The molecule has 2 nitrogen and oxygen atoms in total. The van der Waals surface area contributed by atoms with Gasteiger partial charge in [0.15, 0.2) is 0 Å². The lowest BCUT2D eigenvalue weighted by Crippen LogP contribution is -2.49. The number of likely N-dealkylation sites (tertiary alicyclic amines) is 1. The van der Waals surface area contributed by atoms with Crippen molar-refractivity contribution in [2.24, 2.45) is 0 Å². The quantitative estimate of drug-likeness (QED) is 0.711. The predicted molar refractivity (Wildman–Crippen MR) is 45.6 cm³/mol. The molecule has 2 heterocycles. The maximum absolute atomic E-state index is 9.01. The summed E-state index contributed by atoms with van der Waals surface area (Å²) in [6.07, 6.45) is -0.0753. The Hall–Kier alpha value is -0.380. The second-order valence-corrected chi connectivity index (χ2v) is 3.76. The highest BCUT2D eigenvalue weighted by Crippen LogP contribution is 2.14.